The zero-order valence-corrected chi connectivity index (χ0v) is 11.9. The van der Waals surface area contributed by atoms with E-state index in [1.165, 1.54) is 10.9 Å². The van der Waals surface area contributed by atoms with Crippen LogP contribution in [0.3, 0.4) is 0 Å². The highest BCUT2D eigenvalue weighted by Gasteiger charge is 2.33. The molecule has 0 spiro atoms. The number of hydrogen-bond acceptors (Lipinski definition) is 6. The maximum Gasteiger partial charge on any atom is 0.244 e. The summed E-state index contributed by atoms with van der Waals surface area (Å²) in [5.41, 5.74) is 0.157. The molecule has 20 heavy (non-hydrogen) atoms. The van der Waals surface area contributed by atoms with Crippen LogP contribution in [-0.4, -0.2) is 64.6 Å². The van der Waals surface area contributed by atoms with E-state index in [4.69, 9.17) is 0 Å². The van der Waals surface area contributed by atoms with Crippen LogP contribution < -0.4 is 0 Å². The van der Waals surface area contributed by atoms with Crippen molar-refractivity contribution in [1.82, 2.24) is 19.9 Å². The third-order valence-corrected chi connectivity index (χ3v) is 5.03. The van der Waals surface area contributed by atoms with E-state index in [0.717, 1.165) is 0 Å². The molecule has 1 aromatic rings. The van der Waals surface area contributed by atoms with Crippen molar-refractivity contribution in [2.45, 2.75) is 25.9 Å². The van der Waals surface area contributed by atoms with E-state index in [0.29, 0.717) is 19.3 Å². The molecule has 1 saturated heterocycles. The van der Waals surface area contributed by atoms with Gasteiger partial charge in [-0.25, -0.2) is 13.1 Å². The van der Waals surface area contributed by atoms with Crippen LogP contribution in [0, 0.1) is 0 Å². The predicted molar refractivity (Wildman–Crippen MR) is 69.9 cm³/mol. The van der Waals surface area contributed by atoms with Crippen LogP contribution in [0.25, 0.3) is 0 Å². The number of nitrogens with zero attached hydrogens (tertiary/aromatic N) is 4. The molecule has 1 unspecified atom stereocenters. The Morgan fingerprint density at radius 2 is 2.35 bits per heavy atom. The largest absolute Gasteiger partial charge is 0.337 e. The first-order chi connectivity index (χ1) is 9.45. The molecule has 2 rings (SSSR count). The molecule has 1 amide bonds. The zero-order chi connectivity index (χ0) is 14.8. The maximum absolute atomic E-state index is 12.2. The molecule has 2 heterocycles. The van der Waals surface area contributed by atoms with Crippen molar-refractivity contribution < 1.29 is 18.0 Å². The van der Waals surface area contributed by atoms with E-state index in [-0.39, 0.29) is 35.7 Å². The molecule has 110 valence electrons. The normalized spacial score (nSPS) is 20.8. The fourth-order valence-electron chi connectivity index (χ4n) is 2.33. The van der Waals surface area contributed by atoms with Crippen molar-refractivity contribution in [3.63, 3.8) is 0 Å². The van der Waals surface area contributed by atoms with Crippen LogP contribution in [0.5, 0.6) is 0 Å². The number of aromatic nitrogens is 3. The lowest BCUT2D eigenvalue weighted by Crippen LogP contribution is -2.42. The van der Waals surface area contributed by atoms with E-state index in [1.54, 1.807) is 11.8 Å². The molecule has 0 saturated carbocycles. The lowest BCUT2D eigenvalue weighted by molar-refractivity contribution is -0.133. The first-order valence-electron chi connectivity index (χ1n) is 6.30. The second-order valence-electron chi connectivity index (χ2n) is 4.70. The van der Waals surface area contributed by atoms with Gasteiger partial charge in [-0.05, 0) is 13.3 Å². The highest BCUT2D eigenvalue weighted by Crippen LogP contribution is 2.18. The number of carbonyl (C=O) groups is 2. The molecule has 1 aliphatic heterocycles. The minimum atomic E-state index is -3.03. The fourth-order valence-corrected chi connectivity index (χ4v) is 4.06. The Morgan fingerprint density at radius 1 is 1.60 bits per heavy atom. The molecule has 1 aromatic heterocycles. The van der Waals surface area contributed by atoms with Crippen molar-refractivity contribution in [2.75, 3.05) is 18.1 Å². The summed E-state index contributed by atoms with van der Waals surface area (Å²) >= 11 is 0. The van der Waals surface area contributed by atoms with Gasteiger partial charge in [-0.3, -0.25) is 9.59 Å². The van der Waals surface area contributed by atoms with Gasteiger partial charge >= 0.3 is 0 Å². The molecule has 8 nitrogen and oxygen atoms in total. The van der Waals surface area contributed by atoms with Gasteiger partial charge in [0.05, 0.1) is 17.7 Å². The molecule has 0 bridgehead atoms. The summed E-state index contributed by atoms with van der Waals surface area (Å²) < 4.78 is 24.2. The minimum Gasteiger partial charge on any atom is -0.337 e. The SMILES string of the molecule is CCN(C(=O)Cn1cc(C=O)nn1)C1CCS(=O)(=O)C1. The third kappa shape index (κ3) is 3.21. The highest BCUT2D eigenvalue weighted by molar-refractivity contribution is 7.91. The van der Waals surface area contributed by atoms with Gasteiger partial charge in [0.2, 0.25) is 5.91 Å². The van der Waals surface area contributed by atoms with Crippen molar-refractivity contribution in [3.05, 3.63) is 11.9 Å². The monoisotopic (exact) mass is 300 g/mol. The van der Waals surface area contributed by atoms with Crippen molar-refractivity contribution >= 4 is 22.0 Å². The Morgan fingerprint density at radius 3 is 2.85 bits per heavy atom. The summed E-state index contributed by atoms with van der Waals surface area (Å²) in [6, 6.07) is -0.272. The number of aldehydes is 1. The molecule has 1 atom stereocenters. The molecule has 9 heteroatoms. The van der Waals surface area contributed by atoms with Crippen molar-refractivity contribution in [3.8, 4) is 0 Å². The van der Waals surface area contributed by atoms with Crippen LogP contribution in [0.2, 0.25) is 0 Å². The smallest absolute Gasteiger partial charge is 0.244 e. The van der Waals surface area contributed by atoms with Crippen LogP contribution >= 0.6 is 0 Å². The van der Waals surface area contributed by atoms with E-state index >= 15 is 0 Å². The summed E-state index contributed by atoms with van der Waals surface area (Å²) in [6.45, 7) is 2.19. The second-order valence-corrected chi connectivity index (χ2v) is 6.92. The Bertz CT molecular complexity index is 610. The van der Waals surface area contributed by atoms with Gasteiger partial charge in [0.25, 0.3) is 0 Å². The standard InChI is InChI=1S/C11H16N4O4S/c1-2-15(10-3-4-20(18,19)8-10)11(17)6-14-5-9(7-16)12-13-14/h5,7,10H,2-4,6,8H2,1H3. The summed E-state index contributed by atoms with van der Waals surface area (Å²) in [4.78, 5) is 24.2. The van der Waals surface area contributed by atoms with E-state index < -0.39 is 9.84 Å². The van der Waals surface area contributed by atoms with E-state index in [2.05, 4.69) is 10.3 Å². The molecule has 0 aliphatic carbocycles. The molecular formula is C11H16N4O4S. The molecule has 1 aliphatic rings. The Balaban J connectivity index is 2.04. The average Bonchev–Trinajstić information content (AvgIpc) is 2.97. The molecular weight excluding hydrogens is 284 g/mol. The lowest BCUT2D eigenvalue weighted by atomic mass is 10.2. The Labute approximate surface area is 116 Å². The number of rotatable bonds is 5. The van der Waals surface area contributed by atoms with Crippen molar-refractivity contribution in [2.24, 2.45) is 0 Å². The second kappa shape index (κ2) is 5.70. The van der Waals surface area contributed by atoms with E-state index in [1.807, 2.05) is 0 Å². The van der Waals surface area contributed by atoms with Crippen LogP contribution in [0.4, 0.5) is 0 Å². The van der Waals surface area contributed by atoms with Gasteiger partial charge in [-0.15, -0.1) is 5.10 Å². The Kier molecular flexibility index (Phi) is 4.17. The zero-order valence-electron chi connectivity index (χ0n) is 11.1. The van der Waals surface area contributed by atoms with Crippen LogP contribution in [-0.2, 0) is 21.2 Å². The molecule has 0 aromatic carbocycles. The minimum absolute atomic E-state index is 0.0174. The molecule has 0 radical (unpaired) electrons. The lowest BCUT2D eigenvalue weighted by Gasteiger charge is -2.26. The molecule has 1 fully saturated rings. The first kappa shape index (κ1) is 14.6. The summed E-state index contributed by atoms with van der Waals surface area (Å²) in [5, 5.41) is 7.24. The predicted octanol–water partition coefficient (Wildman–Crippen LogP) is -0.874. The number of sulfone groups is 1. The van der Waals surface area contributed by atoms with Gasteiger partial charge in [0, 0.05) is 12.6 Å². The number of carbonyl (C=O) groups excluding carboxylic acids is 2. The quantitative estimate of drug-likeness (QED) is 0.655. The van der Waals surface area contributed by atoms with E-state index in [9.17, 15) is 18.0 Å². The van der Waals surface area contributed by atoms with Crippen molar-refractivity contribution in [1.29, 1.82) is 0 Å². The van der Waals surface area contributed by atoms with Crippen LogP contribution in [0.15, 0.2) is 6.20 Å². The van der Waals surface area contributed by atoms with Gasteiger partial charge in [-0.2, -0.15) is 0 Å². The Hall–Kier alpha value is -1.77. The van der Waals surface area contributed by atoms with Gasteiger partial charge in [-0.1, -0.05) is 5.21 Å². The summed E-state index contributed by atoms with van der Waals surface area (Å²) in [6.07, 6.45) is 2.40. The third-order valence-electron chi connectivity index (χ3n) is 3.28. The summed E-state index contributed by atoms with van der Waals surface area (Å²) in [5.74, 6) is -0.0826. The van der Waals surface area contributed by atoms with Gasteiger partial charge in [0.15, 0.2) is 16.1 Å². The highest BCUT2D eigenvalue weighted by atomic mass is 32.2. The summed E-state index contributed by atoms with van der Waals surface area (Å²) in [7, 11) is -3.03. The van der Waals surface area contributed by atoms with Gasteiger partial charge in [0.1, 0.15) is 12.2 Å². The number of hydrogen-bond donors (Lipinski definition) is 0. The molecule has 0 N–H and O–H groups in total. The average molecular weight is 300 g/mol. The maximum atomic E-state index is 12.2. The van der Waals surface area contributed by atoms with Gasteiger partial charge < -0.3 is 4.90 Å². The topological polar surface area (TPSA) is 102 Å². The fraction of sp³-hybridized carbons (Fsp3) is 0.636. The van der Waals surface area contributed by atoms with Crippen LogP contribution in [0.1, 0.15) is 23.8 Å². The number of likely N-dealkylation sites (N-methyl/N-ethyl adjacent to an activating group) is 1. The number of amides is 1. The first-order valence-corrected chi connectivity index (χ1v) is 8.12.